The van der Waals surface area contributed by atoms with E-state index in [1.807, 2.05) is 12.1 Å². The van der Waals surface area contributed by atoms with Crippen LogP contribution in [0.4, 0.5) is 0 Å². The molecule has 2 heteroatoms. The van der Waals surface area contributed by atoms with E-state index in [1.54, 1.807) is 0 Å². The second kappa shape index (κ2) is 5.75. The summed E-state index contributed by atoms with van der Waals surface area (Å²) in [6.45, 7) is 0.948. The number of fused-ring (bicyclic) bond motifs is 4. The van der Waals surface area contributed by atoms with Gasteiger partial charge in [0.1, 0.15) is 0 Å². The van der Waals surface area contributed by atoms with Gasteiger partial charge in [0.15, 0.2) is 0 Å². The molecule has 4 rings (SSSR count). The Labute approximate surface area is 131 Å². The summed E-state index contributed by atoms with van der Waals surface area (Å²) >= 11 is 0. The fraction of sp³-hybridized carbons (Fsp3) is 0.450. The van der Waals surface area contributed by atoms with E-state index in [4.69, 9.17) is 0 Å². The molecule has 2 nitrogen and oxygen atoms in total. The Hall–Kier alpha value is -1.83. The number of aryl methyl sites for hydroxylation is 2. The number of hydrogen-bond acceptors (Lipinski definition) is 1. The predicted molar refractivity (Wildman–Crippen MR) is 89.3 cm³/mol. The van der Waals surface area contributed by atoms with Gasteiger partial charge in [-0.3, -0.25) is 4.79 Å². The lowest BCUT2D eigenvalue weighted by Crippen LogP contribution is -2.35. The molecular weight excluding hydrogens is 270 g/mol. The van der Waals surface area contributed by atoms with Crippen LogP contribution in [0.2, 0.25) is 0 Å². The molecule has 2 heterocycles. The predicted octanol–water partition coefficient (Wildman–Crippen LogP) is 3.92. The van der Waals surface area contributed by atoms with Gasteiger partial charge in [-0.2, -0.15) is 0 Å². The number of rotatable bonds is 3. The standard InChI is InChI=1S/C20H23NO/c22-20-13-16(10-9-15-5-2-1-3-6-15)12-19-18-8-4-7-17(11-18)14-21(19)20/h1-3,5-6,12-13,17-18H,4,7-11,14H2/t17?,18-/m1/s1. The highest BCUT2D eigenvalue weighted by atomic mass is 16.1. The minimum Gasteiger partial charge on any atom is -0.312 e. The van der Waals surface area contributed by atoms with E-state index >= 15 is 0 Å². The SMILES string of the molecule is O=c1cc(CCc2ccccc2)cc2n1CC1CCC[C@@H]2C1. The molecule has 1 unspecified atom stereocenters. The third-order valence-corrected chi connectivity index (χ3v) is 5.41. The van der Waals surface area contributed by atoms with Gasteiger partial charge < -0.3 is 4.57 Å². The maximum Gasteiger partial charge on any atom is 0.251 e. The molecule has 2 aromatic rings. The first-order valence-electron chi connectivity index (χ1n) is 8.57. The molecule has 2 atom stereocenters. The average Bonchev–Trinajstić information content (AvgIpc) is 2.55. The van der Waals surface area contributed by atoms with Gasteiger partial charge in [-0.1, -0.05) is 36.8 Å². The summed E-state index contributed by atoms with van der Waals surface area (Å²) in [6.07, 6.45) is 7.16. The van der Waals surface area contributed by atoms with Gasteiger partial charge >= 0.3 is 0 Å². The summed E-state index contributed by atoms with van der Waals surface area (Å²) in [7, 11) is 0. The zero-order valence-corrected chi connectivity index (χ0v) is 13.0. The van der Waals surface area contributed by atoms with Crippen LogP contribution in [0, 0.1) is 5.92 Å². The molecule has 2 bridgehead atoms. The van der Waals surface area contributed by atoms with Gasteiger partial charge in [0, 0.05) is 18.3 Å². The lowest BCUT2D eigenvalue weighted by atomic mass is 9.76. The van der Waals surface area contributed by atoms with Crippen LogP contribution < -0.4 is 5.56 Å². The quantitative estimate of drug-likeness (QED) is 0.840. The van der Waals surface area contributed by atoms with Crippen LogP contribution in [0.25, 0.3) is 0 Å². The van der Waals surface area contributed by atoms with Gasteiger partial charge in [0.2, 0.25) is 0 Å². The van der Waals surface area contributed by atoms with E-state index in [-0.39, 0.29) is 5.56 Å². The van der Waals surface area contributed by atoms with Crippen LogP contribution in [0.1, 0.15) is 48.4 Å². The highest BCUT2D eigenvalue weighted by molar-refractivity contribution is 5.25. The Kier molecular flexibility index (Phi) is 3.61. The van der Waals surface area contributed by atoms with Crippen molar-refractivity contribution in [2.24, 2.45) is 5.92 Å². The molecule has 0 spiro atoms. The van der Waals surface area contributed by atoms with Crippen molar-refractivity contribution in [1.29, 1.82) is 0 Å². The van der Waals surface area contributed by atoms with Gasteiger partial charge in [0.25, 0.3) is 5.56 Å². The summed E-state index contributed by atoms with van der Waals surface area (Å²) in [5.74, 6) is 1.36. The monoisotopic (exact) mass is 293 g/mol. The Morgan fingerprint density at radius 2 is 1.82 bits per heavy atom. The molecule has 1 aliphatic carbocycles. The van der Waals surface area contributed by atoms with Crippen molar-refractivity contribution < 1.29 is 0 Å². The van der Waals surface area contributed by atoms with E-state index in [2.05, 4.69) is 34.9 Å². The van der Waals surface area contributed by atoms with E-state index < -0.39 is 0 Å². The van der Waals surface area contributed by atoms with Crippen LogP contribution in [-0.4, -0.2) is 4.57 Å². The molecular formula is C20H23NO. The van der Waals surface area contributed by atoms with Crippen LogP contribution in [0.15, 0.2) is 47.3 Å². The zero-order valence-electron chi connectivity index (χ0n) is 13.0. The molecule has 1 saturated carbocycles. The fourth-order valence-electron chi connectivity index (χ4n) is 4.27. The first-order chi connectivity index (χ1) is 10.8. The second-order valence-corrected chi connectivity index (χ2v) is 6.95. The fourth-order valence-corrected chi connectivity index (χ4v) is 4.27. The number of aromatic nitrogens is 1. The van der Waals surface area contributed by atoms with E-state index in [0.717, 1.165) is 25.3 Å². The Morgan fingerprint density at radius 1 is 1.00 bits per heavy atom. The van der Waals surface area contributed by atoms with E-state index in [9.17, 15) is 4.79 Å². The number of hydrogen-bond donors (Lipinski definition) is 0. The third kappa shape index (κ3) is 2.63. The number of benzene rings is 1. The summed E-state index contributed by atoms with van der Waals surface area (Å²) in [5, 5.41) is 0. The number of nitrogens with zero attached hydrogens (tertiary/aromatic N) is 1. The lowest BCUT2D eigenvalue weighted by Gasteiger charge is -2.37. The maximum absolute atomic E-state index is 12.5. The van der Waals surface area contributed by atoms with Crippen molar-refractivity contribution >= 4 is 0 Å². The minimum atomic E-state index is 0.220. The topological polar surface area (TPSA) is 22.0 Å². The summed E-state index contributed by atoms with van der Waals surface area (Å²) in [5.41, 5.74) is 4.09. The van der Waals surface area contributed by atoms with Crippen molar-refractivity contribution in [3.8, 4) is 0 Å². The first-order valence-corrected chi connectivity index (χ1v) is 8.57. The minimum absolute atomic E-state index is 0.220. The Bertz CT molecular complexity index is 716. The highest BCUT2D eigenvalue weighted by Crippen LogP contribution is 2.40. The summed E-state index contributed by atoms with van der Waals surface area (Å²) in [4.78, 5) is 12.5. The van der Waals surface area contributed by atoms with Crippen molar-refractivity contribution in [1.82, 2.24) is 4.57 Å². The average molecular weight is 293 g/mol. The smallest absolute Gasteiger partial charge is 0.251 e. The Balaban J connectivity index is 1.60. The van der Waals surface area contributed by atoms with Crippen molar-refractivity contribution in [2.45, 2.75) is 51.0 Å². The Morgan fingerprint density at radius 3 is 2.68 bits per heavy atom. The largest absolute Gasteiger partial charge is 0.312 e. The molecule has 1 fully saturated rings. The summed E-state index contributed by atoms with van der Waals surface area (Å²) in [6, 6.07) is 14.7. The second-order valence-electron chi connectivity index (χ2n) is 6.95. The van der Waals surface area contributed by atoms with Gasteiger partial charge in [0.05, 0.1) is 0 Å². The van der Waals surface area contributed by atoms with Gasteiger partial charge in [-0.25, -0.2) is 0 Å². The summed E-state index contributed by atoms with van der Waals surface area (Å²) < 4.78 is 2.06. The molecule has 0 N–H and O–H groups in total. The van der Waals surface area contributed by atoms with Crippen molar-refractivity contribution in [3.63, 3.8) is 0 Å². The van der Waals surface area contributed by atoms with E-state index in [1.165, 1.54) is 42.5 Å². The lowest BCUT2D eigenvalue weighted by molar-refractivity contribution is 0.240. The van der Waals surface area contributed by atoms with Crippen LogP contribution in [-0.2, 0) is 19.4 Å². The molecule has 2 aliphatic rings. The molecule has 0 radical (unpaired) electrons. The molecule has 1 aromatic heterocycles. The van der Waals surface area contributed by atoms with Crippen molar-refractivity contribution in [2.75, 3.05) is 0 Å². The van der Waals surface area contributed by atoms with E-state index in [0.29, 0.717) is 5.92 Å². The first kappa shape index (κ1) is 13.8. The molecule has 0 saturated heterocycles. The van der Waals surface area contributed by atoms with Crippen molar-refractivity contribution in [3.05, 3.63) is 69.6 Å². The molecule has 0 amide bonds. The zero-order chi connectivity index (χ0) is 14.9. The van der Waals surface area contributed by atoms with Crippen LogP contribution in [0.5, 0.6) is 0 Å². The molecule has 1 aromatic carbocycles. The molecule has 22 heavy (non-hydrogen) atoms. The van der Waals surface area contributed by atoms with Gasteiger partial charge in [-0.15, -0.1) is 0 Å². The number of pyridine rings is 1. The molecule has 114 valence electrons. The third-order valence-electron chi connectivity index (χ3n) is 5.41. The normalized spacial score (nSPS) is 23.1. The maximum atomic E-state index is 12.5. The van der Waals surface area contributed by atoms with Gasteiger partial charge in [-0.05, 0) is 61.1 Å². The molecule has 1 aliphatic heterocycles. The highest BCUT2D eigenvalue weighted by Gasteiger charge is 2.30. The van der Waals surface area contributed by atoms with Crippen LogP contribution in [0.3, 0.4) is 0 Å². The van der Waals surface area contributed by atoms with Crippen LogP contribution >= 0.6 is 0 Å².